The van der Waals surface area contributed by atoms with Gasteiger partial charge in [-0.3, -0.25) is 4.79 Å². The fourth-order valence-corrected chi connectivity index (χ4v) is 2.55. The summed E-state index contributed by atoms with van der Waals surface area (Å²) in [5.74, 6) is 1.02. The quantitative estimate of drug-likeness (QED) is 0.858. The van der Waals surface area contributed by atoms with Crippen LogP contribution in [0.5, 0.6) is 5.75 Å². The van der Waals surface area contributed by atoms with E-state index in [1.54, 1.807) is 11.9 Å². The molecule has 1 aliphatic rings. The van der Waals surface area contributed by atoms with Crippen LogP contribution in [0.3, 0.4) is 0 Å². The number of nitrogens with one attached hydrogen (secondary N) is 1. The molecule has 1 aromatic heterocycles. The number of hydrogen-bond acceptors (Lipinski definition) is 6. The maximum absolute atomic E-state index is 11.8. The Morgan fingerprint density at radius 3 is 2.89 bits per heavy atom. The van der Waals surface area contributed by atoms with Crippen LogP contribution in [0.4, 0.5) is 10.8 Å². The summed E-state index contributed by atoms with van der Waals surface area (Å²) in [5.41, 5.74) is 5.76. The minimum absolute atomic E-state index is 0.0196. The summed E-state index contributed by atoms with van der Waals surface area (Å²) < 4.78 is 9.69. The Morgan fingerprint density at radius 2 is 2.33 bits per heavy atom. The van der Waals surface area contributed by atoms with Crippen LogP contribution in [0.25, 0.3) is 0 Å². The number of ether oxygens (including phenoxy) is 1. The molecule has 2 heterocycles. The van der Waals surface area contributed by atoms with Gasteiger partial charge in [0, 0.05) is 13.6 Å². The third-order valence-corrected chi connectivity index (χ3v) is 3.53. The number of likely N-dealkylation sites (tertiary alicyclic amines) is 1. The lowest BCUT2D eigenvalue weighted by Gasteiger charge is -2.15. The lowest BCUT2D eigenvalue weighted by atomic mass is 10.2. The second kappa shape index (κ2) is 5.01. The smallest absolute Gasteiger partial charge is 0.244 e. The van der Waals surface area contributed by atoms with E-state index in [0.717, 1.165) is 18.0 Å². The van der Waals surface area contributed by atoms with Crippen molar-refractivity contribution in [3.63, 3.8) is 0 Å². The largest absolute Gasteiger partial charge is 0.484 e. The first-order valence-electron chi connectivity index (χ1n) is 5.92. The molecule has 18 heavy (non-hydrogen) atoms. The molecule has 1 fully saturated rings. The Balaban J connectivity index is 2.12. The molecule has 1 unspecified atom stereocenters. The van der Waals surface area contributed by atoms with Crippen LogP contribution in [0.1, 0.15) is 20.3 Å². The molecule has 0 saturated carbocycles. The highest BCUT2D eigenvalue weighted by Gasteiger charge is 2.30. The van der Waals surface area contributed by atoms with Crippen molar-refractivity contribution in [3.05, 3.63) is 0 Å². The molecular weight excluding hydrogens is 252 g/mol. The number of carbonyl (C=O) groups excluding carboxylic acids is 1. The van der Waals surface area contributed by atoms with Crippen LogP contribution in [0, 0.1) is 0 Å². The molecule has 0 aromatic carbocycles. The van der Waals surface area contributed by atoms with Crippen molar-refractivity contribution in [1.29, 1.82) is 0 Å². The average Bonchev–Trinajstić information content (AvgIpc) is 2.79. The first-order chi connectivity index (χ1) is 8.49. The maximum Gasteiger partial charge on any atom is 0.244 e. The number of nitrogens with zero attached hydrogens (tertiary/aromatic N) is 2. The third-order valence-electron chi connectivity index (χ3n) is 2.76. The third kappa shape index (κ3) is 2.50. The SMILES string of the molecule is CC(C)Oc1c(N)nsc1NC1CCN(C)C1=O. The van der Waals surface area contributed by atoms with E-state index >= 15 is 0 Å². The molecule has 1 atom stereocenters. The normalized spacial score (nSPS) is 19.7. The van der Waals surface area contributed by atoms with Gasteiger partial charge in [-0.05, 0) is 31.8 Å². The monoisotopic (exact) mass is 270 g/mol. The molecule has 1 aromatic rings. The standard InChI is InChI=1S/C11H18N4O2S/c1-6(2)17-8-9(12)14-18-10(8)13-7-4-5-15(3)11(7)16/h6-7,13H,4-5H2,1-3H3,(H2,12,14). The van der Waals surface area contributed by atoms with Crippen molar-refractivity contribution in [2.45, 2.75) is 32.4 Å². The molecule has 1 aliphatic heterocycles. The Kier molecular flexibility index (Phi) is 3.60. The fourth-order valence-electron chi connectivity index (χ4n) is 1.85. The molecule has 0 spiro atoms. The van der Waals surface area contributed by atoms with E-state index in [4.69, 9.17) is 10.5 Å². The number of hydrogen-bond donors (Lipinski definition) is 2. The minimum Gasteiger partial charge on any atom is -0.484 e. The van der Waals surface area contributed by atoms with Gasteiger partial charge < -0.3 is 20.7 Å². The van der Waals surface area contributed by atoms with Gasteiger partial charge in [-0.25, -0.2) is 0 Å². The van der Waals surface area contributed by atoms with Crippen molar-refractivity contribution in [2.75, 3.05) is 24.6 Å². The van der Waals surface area contributed by atoms with Gasteiger partial charge in [0.1, 0.15) is 6.04 Å². The second-order valence-corrected chi connectivity index (χ2v) is 5.41. The van der Waals surface area contributed by atoms with Crippen molar-refractivity contribution >= 4 is 28.3 Å². The Labute approximate surface area is 110 Å². The first kappa shape index (κ1) is 12.9. The van der Waals surface area contributed by atoms with Crippen LogP contribution in [0.2, 0.25) is 0 Å². The van der Waals surface area contributed by atoms with Gasteiger partial charge in [-0.1, -0.05) is 0 Å². The molecule has 7 heteroatoms. The van der Waals surface area contributed by atoms with Crippen LogP contribution in [0.15, 0.2) is 0 Å². The van der Waals surface area contributed by atoms with Gasteiger partial charge in [0.25, 0.3) is 0 Å². The van der Waals surface area contributed by atoms with Gasteiger partial charge >= 0.3 is 0 Å². The predicted octanol–water partition coefficient (Wildman–Crippen LogP) is 1.16. The summed E-state index contributed by atoms with van der Waals surface area (Å²) in [5, 5.41) is 3.91. The minimum atomic E-state index is -0.204. The summed E-state index contributed by atoms with van der Waals surface area (Å²) in [6.07, 6.45) is 0.806. The lowest BCUT2D eigenvalue weighted by Crippen LogP contribution is -2.30. The molecule has 0 radical (unpaired) electrons. The number of rotatable bonds is 4. The highest BCUT2D eigenvalue weighted by molar-refractivity contribution is 7.11. The average molecular weight is 270 g/mol. The summed E-state index contributed by atoms with van der Waals surface area (Å²) >= 11 is 1.23. The molecule has 1 saturated heterocycles. The van der Waals surface area contributed by atoms with E-state index < -0.39 is 0 Å². The number of nitrogens with two attached hydrogens (primary N) is 1. The van der Waals surface area contributed by atoms with Crippen molar-refractivity contribution in [3.8, 4) is 5.75 Å². The van der Waals surface area contributed by atoms with E-state index in [1.807, 2.05) is 13.8 Å². The Morgan fingerprint density at radius 1 is 1.61 bits per heavy atom. The molecule has 100 valence electrons. The Bertz CT molecular complexity index is 446. The number of likely N-dealkylation sites (N-methyl/N-ethyl adjacent to an activating group) is 1. The van der Waals surface area contributed by atoms with Crippen molar-refractivity contribution < 1.29 is 9.53 Å². The molecule has 0 bridgehead atoms. The van der Waals surface area contributed by atoms with E-state index in [0.29, 0.717) is 11.6 Å². The van der Waals surface area contributed by atoms with E-state index in [2.05, 4.69) is 9.69 Å². The zero-order chi connectivity index (χ0) is 13.3. The van der Waals surface area contributed by atoms with Crippen LogP contribution in [-0.2, 0) is 4.79 Å². The number of carbonyl (C=O) groups is 1. The number of amides is 1. The van der Waals surface area contributed by atoms with Gasteiger partial charge in [0.2, 0.25) is 5.91 Å². The van der Waals surface area contributed by atoms with Crippen LogP contribution < -0.4 is 15.8 Å². The molecule has 6 nitrogen and oxygen atoms in total. The van der Waals surface area contributed by atoms with Crippen LogP contribution in [-0.4, -0.2) is 40.9 Å². The van der Waals surface area contributed by atoms with Gasteiger partial charge in [0.15, 0.2) is 16.6 Å². The summed E-state index contributed by atoms with van der Waals surface area (Å²) in [7, 11) is 1.80. The van der Waals surface area contributed by atoms with Gasteiger partial charge in [-0.15, -0.1) is 0 Å². The number of anilines is 2. The van der Waals surface area contributed by atoms with Gasteiger partial charge in [-0.2, -0.15) is 4.37 Å². The van der Waals surface area contributed by atoms with Gasteiger partial charge in [0.05, 0.1) is 6.10 Å². The summed E-state index contributed by atoms with van der Waals surface area (Å²) in [6.45, 7) is 4.62. The first-order valence-corrected chi connectivity index (χ1v) is 6.69. The lowest BCUT2D eigenvalue weighted by molar-refractivity contribution is -0.127. The van der Waals surface area contributed by atoms with Crippen molar-refractivity contribution in [2.24, 2.45) is 0 Å². The summed E-state index contributed by atoms with van der Waals surface area (Å²) in [6, 6.07) is -0.204. The topological polar surface area (TPSA) is 80.5 Å². The van der Waals surface area contributed by atoms with Crippen molar-refractivity contribution in [1.82, 2.24) is 9.27 Å². The van der Waals surface area contributed by atoms with E-state index in [9.17, 15) is 4.79 Å². The Hall–Kier alpha value is -1.50. The molecule has 0 aliphatic carbocycles. The summed E-state index contributed by atoms with van der Waals surface area (Å²) in [4.78, 5) is 13.5. The predicted molar refractivity (Wildman–Crippen MR) is 72.0 cm³/mol. The molecule has 3 N–H and O–H groups in total. The zero-order valence-electron chi connectivity index (χ0n) is 10.8. The van der Waals surface area contributed by atoms with E-state index in [-0.39, 0.29) is 18.1 Å². The molecular formula is C11H18N4O2S. The highest BCUT2D eigenvalue weighted by atomic mass is 32.1. The molecule has 1 amide bonds. The maximum atomic E-state index is 11.8. The fraction of sp³-hybridized carbons (Fsp3) is 0.636. The number of nitrogen functional groups attached to an aromatic ring is 1. The van der Waals surface area contributed by atoms with Crippen LogP contribution >= 0.6 is 11.5 Å². The second-order valence-electron chi connectivity index (χ2n) is 4.64. The highest BCUT2D eigenvalue weighted by Crippen LogP contribution is 2.37. The number of aromatic nitrogens is 1. The molecule has 2 rings (SSSR count). The van der Waals surface area contributed by atoms with E-state index in [1.165, 1.54) is 11.5 Å². The zero-order valence-corrected chi connectivity index (χ0v) is 11.6.